The summed E-state index contributed by atoms with van der Waals surface area (Å²) in [5.74, 6) is -4.44. The van der Waals surface area contributed by atoms with Gasteiger partial charge in [-0.1, -0.05) is 17.7 Å². The highest BCUT2D eigenvalue weighted by Gasteiger charge is 2.58. The molecule has 0 unspecified atom stereocenters. The summed E-state index contributed by atoms with van der Waals surface area (Å²) in [5, 5.41) is -0.743. The van der Waals surface area contributed by atoms with E-state index in [1.165, 1.54) is 0 Å². The monoisotopic (exact) mass is 321 g/mol. The summed E-state index contributed by atoms with van der Waals surface area (Å²) in [7, 11) is 0. The molecule has 8 heteroatoms. The van der Waals surface area contributed by atoms with E-state index in [2.05, 4.69) is 0 Å². The average Bonchev–Trinajstić information content (AvgIpc) is 3.04. The van der Waals surface area contributed by atoms with Crippen molar-refractivity contribution in [2.24, 2.45) is 17.6 Å². The van der Waals surface area contributed by atoms with Gasteiger partial charge in [-0.25, -0.2) is 8.78 Å². The summed E-state index contributed by atoms with van der Waals surface area (Å²) in [6.45, 7) is 0. The summed E-state index contributed by atoms with van der Waals surface area (Å²) < 4.78 is 63.6. The first-order valence-electron chi connectivity index (χ1n) is 5.19. The number of hydrogen-bond acceptors (Lipinski definition) is 1. The van der Waals surface area contributed by atoms with Gasteiger partial charge in [-0.05, 0) is 18.4 Å². The van der Waals surface area contributed by atoms with E-state index in [1.807, 2.05) is 0 Å². The van der Waals surface area contributed by atoms with Crippen LogP contribution in [-0.2, 0) is 0 Å². The van der Waals surface area contributed by atoms with E-state index in [0.29, 0.717) is 0 Å². The minimum atomic E-state index is -4.33. The molecule has 0 heterocycles. The minimum absolute atomic E-state index is 0. The molecule has 1 aliphatic rings. The molecule has 1 aromatic carbocycles. The Hall–Kier alpha value is -0.590. The first-order chi connectivity index (χ1) is 8.23. The molecule has 108 valence electrons. The second-order valence-corrected chi connectivity index (χ2v) is 4.72. The van der Waals surface area contributed by atoms with Crippen molar-refractivity contribution < 1.29 is 22.0 Å². The molecule has 3 atom stereocenters. The number of halogens is 7. The van der Waals surface area contributed by atoms with Gasteiger partial charge >= 0.3 is 6.18 Å². The predicted molar refractivity (Wildman–Crippen MR) is 63.2 cm³/mol. The molecule has 2 rings (SSSR count). The van der Waals surface area contributed by atoms with E-state index >= 15 is 0 Å². The summed E-state index contributed by atoms with van der Waals surface area (Å²) in [4.78, 5) is 0. The standard InChI is InChI=1S/C11H9ClF5N.ClH/c12-8-7(13)2-1-4(9(8)14)10(18)5-3-6(5)11(15,16)17;/h1-2,5-6,10H,3,18H2;1H/t5-,6-,10-;/m1./s1. The molecular formula is C11H10Cl2F5N. The van der Waals surface area contributed by atoms with Crippen molar-refractivity contribution in [1.82, 2.24) is 0 Å². The SMILES string of the molecule is Cl.N[C@H](c1ccc(F)c(Cl)c1F)[C@@H]1C[C@H]1C(F)(F)F. The highest BCUT2D eigenvalue weighted by Crippen LogP contribution is 2.55. The Morgan fingerprint density at radius 1 is 1.26 bits per heavy atom. The molecule has 1 nitrogen and oxygen atoms in total. The lowest BCUT2D eigenvalue weighted by Gasteiger charge is -2.14. The van der Waals surface area contributed by atoms with Gasteiger partial charge in [0.2, 0.25) is 0 Å². The Balaban J connectivity index is 0.00000180. The number of nitrogens with two attached hydrogens (primary N) is 1. The predicted octanol–water partition coefficient (Wildman–Crippen LogP) is 4.24. The molecule has 0 bridgehead atoms. The largest absolute Gasteiger partial charge is 0.392 e. The average molecular weight is 322 g/mol. The summed E-state index contributed by atoms with van der Waals surface area (Å²) >= 11 is 5.35. The summed E-state index contributed by atoms with van der Waals surface area (Å²) in [6.07, 6.45) is -4.47. The lowest BCUT2D eigenvalue weighted by Crippen LogP contribution is -2.20. The third-order valence-corrected chi connectivity index (χ3v) is 3.49. The highest BCUT2D eigenvalue weighted by atomic mass is 35.5. The lowest BCUT2D eigenvalue weighted by atomic mass is 10.0. The highest BCUT2D eigenvalue weighted by molar-refractivity contribution is 6.30. The fraction of sp³-hybridized carbons (Fsp3) is 0.455. The molecule has 0 saturated heterocycles. The van der Waals surface area contributed by atoms with Gasteiger partial charge < -0.3 is 5.73 Å². The van der Waals surface area contributed by atoms with Gasteiger partial charge in [0.05, 0.1) is 5.92 Å². The molecule has 2 N–H and O–H groups in total. The lowest BCUT2D eigenvalue weighted by molar-refractivity contribution is -0.151. The Labute approximate surface area is 117 Å². The normalized spacial score (nSPS) is 23.7. The molecule has 0 spiro atoms. The van der Waals surface area contributed by atoms with E-state index in [1.54, 1.807) is 0 Å². The van der Waals surface area contributed by atoms with Crippen molar-refractivity contribution in [2.45, 2.75) is 18.6 Å². The zero-order valence-electron chi connectivity index (χ0n) is 9.35. The van der Waals surface area contributed by atoms with Crippen LogP contribution in [0.2, 0.25) is 5.02 Å². The van der Waals surface area contributed by atoms with Gasteiger partial charge in [-0.2, -0.15) is 13.2 Å². The smallest absolute Gasteiger partial charge is 0.324 e. The summed E-state index contributed by atoms with van der Waals surface area (Å²) in [6, 6.07) is 0.799. The minimum Gasteiger partial charge on any atom is -0.324 e. The second-order valence-electron chi connectivity index (χ2n) is 4.34. The van der Waals surface area contributed by atoms with Gasteiger partial charge in [0, 0.05) is 11.6 Å². The van der Waals surface area contributed by atoms with Crippen molar-refractivity contribution in [2.75, 3.05) is 0 Å². The maximum absolute atomic E-state index is 13.6. The Morgan fingerprint density at radius 2 is 1.84 bits per heavy atom. The van der Waals surface area contributed by atoms with Gasteiger partial charge in [0.15, 0.2) is 0 Å². The van der Waals surface area contributed by atoms with Crippen LogP contribution in [-0.4, -0.2) is 6.18 Å². The van der Waals surface area contributed by atoms with Gasteiger partial charge in [-0.15, -0.1) is 12.4 Å². The molecule has 0 amide bonds. The van der Waals surface area contributed by atoms with Crippen molar-refractivity contribution in [3.05, 3.63) is 34.4 Å². The number of rotatable bonds is 2. The maximum Gasteiger partial charge on any atom is 0.392 e. The van der Waals surface area contributed by atoms with Crippen LogP contribution in [0.5, 0.6) is 0 Å². The number of hydrogen-bond donors (Lipinski definition) is 1. The van der Waals surface area contributed by atoms with Crippen LogP contribution in [0.15, 0.2) is 12.1 Å². The number of alkyl halides is 3. The van der Waals surface area contributed by atoms with E-state index < -0.39 is 40.7 Å². The van der Waals surface area contributed by atoms with Crippen LogP contribution in [0.25, 0.3) is 0 Å². The zero-order valence-corrected chi connectivity index (χ0v) is 10.9. The van der Waals surface area contributed by atoms with Crippen LogP contribution < -0.4 is 5.73 Å². The zero-order chi connectivity index (χ0) is 13.7. The molecule has 0 aliphatic heterocycles. The van der Waals surface area contributed by atoms with Crippen LogP contribution >= 0.6 is 24.0 Å². The van der Waals surface area contributed by atoms with Crippen LogP contribution in [0, 0.1) is 23.5 Å². The quantitative estimate of drug-likeness (QED) is 0.640. The fourth-order valence-electron chi connectivity index (χ4n) is 2.02. The van der Waals surface area contributed by atoms with E-state index in [4.69, 9.17) is 17.3 Å². The molecule has 1 fully saturated rings. The molecule has 0 aromatic heterocycles. The molecule has 19 heavy (non-hydrogen) atoms. The molecule has 1 aromatic rings. The van der Waals surface area contributed by atoms with E-state index in [-0.39, 0.29) is 24.4 Å². The van der Waals surface area contributed by atoms with Gasteiger partial charge in [0.1, 0.15) is 16.7 Å². The van der Waals surface area contributed by atoms with Crippen LogP contribution in [0.1, 0.15) is 18.0 Å². The number of benzene rings is 1. The Bertz CT molecular complexity index is 477. The van der Waals surface area contributed by atoms with Crippen LogP contribution in [0.4, 0.5) is 22.0 Å². The molecule has 1 saturated carbocycles. The van der Waals surface area contributed by atoms with Crippen molar-refractivity contribution in [3.8, 4) is 0 Å². The van der Waals surface area contributed by atoms with Crippen molar-refractivity contribution >= 4 is 24.0 Å². The van der Waals surface area contributed by atoms with E-state index in [0.717, 1.165) is 12.1 Å². The van der Waals surface area contributed by atoms with Crippen molar-refractivity contribution in [1.29, 1.82) is 0 Å². The first kappa shape index (κ1) is 16.5. The molecular weight excluding hydrogens is 312 g/mol. The first-order valence-corrected chi connectivity index (χ1v) is 5.57. The summed E-state index contributed by atoms with van der Waals surface area (Å²) in [5.41, 5.74) is 5.40. The van der Waals surface area contributed by atoms with E-state index in [9.17, 15) is 22.0 Å². The Morgan fingerprint density at radius 3 is 2.32 bits per heavy atom. The van der Waals surface area contributed by atoms with Gasteiger partial charge in [0.25, 0.3) is 0 Å². The fourth-order valence-corrected chi connectivity index (χ4v) is 2.19. The maximum atomic E-state index is 13.6. The third-order valence-electron chi connectivity index (χ3n) is 3.15. The van der Waals surface area contributed by atoms with Crippen LogP contribution in [0.3, 0.4) is 0 Å². The topological polar surface area (TPSA) is 26.0 Å². The third kappa shape index (κ3) is 3.12. The Kier molecular flexibility index (Phi) is 4.70. The van der Waals surface area contributed by atoms with Crippen molar-refractivity contribution in [3.63, 3.8) is 0 Å². The molecule has 0 radical (unpaired) electrons. The van der Waals surface area contributed by atoms with Gasteiger partial charge in [-0.3, -0.25) is 0 Å². The second kappa shape index (κ2) is 5.42. The molecule has 1 aliphatic carbocycles.